The molecule has 0 aromatic carbocycles. The highest BCUT2D eigenvalue weighted by Gasteiger charge is 2.25. The number of piperazine rings is 1. The molecule has 0 radical (unpaired) electrons. The van der Waals surface area contributed by atoms with E-state index in [1.807, 2.05) is 0 Å². The van der Waals surface area contributed by atoms with Crippen molar-refractivity contribution >= 4 is 22.5 Å². The molecule has 2 rings (SSSR count). The van der Waals surface area contributed by atoms with Gasteiger partial charge in [0.2, 0.25) is 5.69 Å². The van der Waals surface area contributed by atoms with E-state index >= 15 is 0 Å². The van der Waals surface area contributed by atoms with Crippen molar-refractivity contribution in [1.29, 1.82) is 0 Å². The minimum Gasteiger partial charge on any atom is -0.461 e. The Morgan fingerprint density at radius 2 is 2.05 bits per heavy atom. The summed E-state index contributed by atoms with van der Waals surface area (Å²) >= 11 is 1.27. The molecule has 1 aromatic heterocycles. The summed E-state index contributed by atoms with van der Waals surface area (Å²) in [5, 5.41) is 4.75. The van der Waals surface area contributed by atoms with Gasteiger partial charge in [-0.25, -0.2) is 4.79 Å². The third-order valence-corrected chi connectivity index (χ3v) is 3.93. The molecule has 1 aliphatic heterocycles. The van der Waals surface area contributed by atoms with Gasteiger partial charge in [0.25, 0.3) is 0 Å². The van der Waals surface area contributed by atoms with Gasteiger partial charge in [0.05, 0.1) is 6.61 Å². The van der Waals surface area contributed by atoms with E-state index < -0.39 is 0 Å². The molecule has 0 aliphatic carbocycles. The van der Waals surface area contributed by atoms with Crippen LogP contribution in [0.2, 0.25) is 0 Å². The number of ether oxygens (including phenoxy) is 1. The summed E-state index contributed by atoms with van der Waals surface area (Å²) in [6.07, 6.45) is 1.18. The number of hydrogen-bond donors (Lipinski definition) is 0. The van der Waals surface area contributed by atoms with Gasteiger partial charge in [-0.3, -0.25) is 4.90 Å². The third-order valence-electron chi connectivity index (χ3n) is 3.14. The zero-order valence-electron chi connectivity index (χ0n) is 11.5. The Morgan fingerprint density at radius 1 is 1.32 bits per heavy atom. The highest BCUT2D eigenvalue weighted by Crippen LogP contribution is 2.25. The first kappa shape index (κ1) is 14.2. The van der Waals surface area contributed by atoms with Crippen molar-refractivity contribution in [2.45, 2.75) is 20.3 Å². The molecular weight excluding hydrogens is 264 g/mol. The van der Waals surface area contributed by atoms with Gasteiger partial charge in [-0.05, 0) is 19.9 Å². The molecule has 7 heteroatoms. The van der Waals surface area contributed by atoms with Crippen molar-refractivity contribution in [2.24, 2.45) is 0 Å². The van der Waals surface area contributed by atoms with Crippen LogP contribution in [0.5, 0.6) is 0 Å². The summed E-state index contributed by atoms with van der Waals surface area (Å²) in [6.45, 7) is 9.35. The van der Waals surface area contributed by atoms with Crippen LogP contribution in [0.4, 0.5) is 5.00 Å². The zero-order valence-corrected chi connectivity index (χ0v) is 12.3. The highest BCUT2D eigenvalue weighted by atomic mass is 32.1. The maximum absolute atomic E-state index is 11.8. The van der Waals surface area contributed by atoms with Crippen LogP contribution in [0.1, 0.15) is 30.8 Å². The van der Waals surface area contributed by atoms with Gasteiger partial charge in [0.15, 0.2) is 0 Å². The Kier molecular flexibility index (Phi) is 5.09. The van der Waals surface area contributed by atoms with E-state index in [1.165, 1.54) is 18.0 Å². The van der Waals surface area contributed by atoms with Crippen LogP contribution in [-0.2, 0) is 4.74 Å². The maximum atomic E-state index is 11.8. The van der Waals surface area contributed by atoms with Gasteiger partial charge < -0.3 is 9.64 Å². The predicted octanol–water partition coefficient (Wildman–Crippen LogP) is 1.25. The summed E-state index contributed by atoms with van der Waals surface area (Å²) in [5.41, 5.74) is 0.357. The number of rotatable bonds is 5. The monoisotopic (exact) mass is 284 g/mol. The van der Waals surface area contributed by atoms with Crippen molar-refractivity contribution in [3.8, 4) is 0 Å². The summed E-state index contributed by atoms with van der Waals surface area (Å²) < 4.78 is 8.90. The van der Waals surface area contributed by atoms with Crippen molar-refractivity contribution in [3.05, 3.63) is 5.69 Å². The van der Waals surface area contributed by atoms with Crippen LogP contribution in [0.3, 0.4) is 0 Å². The smallest absolute Gasteiger partial charge is 0.362 e. The molecule has 2 heterocycles. The van der Waals surface area contributed by atoms with E-state index in [4.69, 9.17) is 4.74 Å². The molecule has 0 spiro atoms. The third kappa shape index (κ3) is 3.42. The Morgan fingerprint density at radius 3 is 2.68 bits per heavy atom. The van der Waals surface area contributed by atoms with Gasteiger partial charge in [-0.2, -0.15) is 0 Å². The lowest BCUT2D eigenvalue weighted by Crippen LogP contribution is -2.46. The quantitative estimate of drug-likeness (QED) is 0.758. The minimum atomic E-state index is -0.373. The van der Waals surface area contributed by atoms with Crippen LogP contribution in [0.15, 0.2) is 0 Å². The number of aromatic nitrogens is 2. The molecule has 19 heavy (non-hydrogen) atoms. The first-order chi connectivity index (χ1) is 9.26. The van der Waals surface area contributed by atoms with Crippen LogP contribution in [0.25, 0.3) is 0 Å². The Labute approximate surface area is 117 Å². The summed E-state index contributed by atoms with van der Waals surface area (Å²) in [4.78, 5) is 16.4. The van der Waals surface area contributed by atoms with E-state index in [9.17, 15) is 4.79 Å². The number of nitrogens with zero attached hydrogens (tertiary/aromatic N) is 4. The molecular formula is C12H20N4O2S. The Balaban J connectivity index is 2.00. The molecule has 0 unspecified atom stereocenters. The topological polar surface area (TPSA) is 58.6 Å². The fourth-order valence-electron chi connectivity index (χ4n) is 2.21. The maximum Gasteiger partial charge on any atom is 0.362 e. The van der Waals surface area contributed by atoms with Crippen LogP contribution < -0.4 is 4.90 Å². The SMILES string of the molecule is CCCN1CCN(c2snnc2C(=O)OCC)CC1. The van der Waals surface area contributed by atoms with E-state index in [2.05, 4.69) is 26.3 Å². The first-order valence-electron chi connectivity index (χ1n) is 6.73. The van der Waals surface area contributed by atoms with E-state index in [0.717, 1.165) is 37.7 Å². The molecule has 0 atom stereocenters. The lowest BCUT2D eigenvalue weighted by molar-refractivity contribution is 0.0520. The zero-order chi connectivity index (χ0) is 13.7. The molecule has 6 nitrogen and oxygen atoms in total. The molecule has 0 amide bonds. The number of anilines is 1. The molecule has 0 N–H and O–H groups in total. The molecule has 1 fully saturated rings. The molecule has 0 bridgehead atoms. The average molecular weight is 284 g/mol. The number of esters is 1. The largest absolute Gasteiger partial charge is 0.461 e. The molecule has 0 saturated carbocycles. The van der Waals surface area contributed by atoms with Crippen molar-refractivity contribution in [3.63, 3.8) is 0 Å². The number of carbonyl (C=O) groups excluding carboxylic acids is 1. The van der Waals surface area contributed by atoms with Gasteiger partial charge in [0, 0.05) is 37.7 Å². The lowest BCUT2D eigenvalue weighted by atomic mass is 10.3. The average Bonchev–Trinajstić information content (AvgIpc) is 2.89. The summed E-state index contributed by atoms with van der Waals surface area (Å²) in [7, 11) is 0. The summed E-state index contributed by atoms with van der Waals surface area (Å²) in [5.74, 6) is -0.373. The standard InChI is InChI=1S/C12H20N4O2S/c1-3-5-15-6-8-16(9-7-15)11-10(13-14-19-11)12(17)18-4-2/h3-9H2,1-2H3. The second-order valence-corrected chi connectivity index (χ2v) is 5.21. The number of carbonyl (C=O) groups is 1. The van der Waals surface area contributed by atoms with Gasteiger partial charge >= 0.3 is 5.97 Å². The van der Waals surface area contributed by atoms with Crippen molar-refractivity contribution < 1.29 is 9.53 Å². The fraction of sp³-hybridized carbons (Fsp3) is 0.750. The van der Waals surface area contributed by atoms with Gasteiger partial charge in [-0.1, -0.05) is 11.4 Å². The lowest BCUT2D eigenvalue weighted by Gasteiger charge is -2.34. The summed E-state index contributed by atoms with van der Waals surface area (Å²) in [6, 6.07) is 0. The second-order valence-electron chi connectivity index (χ2n) is 4.48. The van der Waals surface area contributed by atoms with Crippen LogP contribution in [-0.4, -0.2) is 59.8 Å². The van der Waals surface area contributed by atoms with Crippen LogP contribution >= 0.6 is 11.5 Å². The van der Waals surface area contributed by atoms with E-state index in [1.54, 1.807) is 6.92 Å². The Bertz CT molecular complexity index is 416. The Hall–Kier alpha value is -1.21. The van der Waals surface area contributed by atoms with Gasteiger partial charge in [-0.15, -0.1) is 5.10 Å². The second kappa shape index (κ2) is 6.81. The first-order valence-corrected chi connectivity index (χ1v) is 7.50. The van der Waals surface area contributed by atoms with E-state index in [0.29, 0.717) is 12.3 Å². The van der Waals surface area contributed by atoms with Crippen molar-refractivity contribution in [2.75, 3.05) is 44.2 Å². The fourth-order valence-corrected chi connectivity index (χ4v) is 2.92. The molecule has 106 valence electrons. The highest BCUT2D eigenvalue weighted by molar-refractivity contribution is 7.10. The van der Waals surface area contributed by atoms with Crippen LogP contribution in [0, 0.1) is 0 Å². The predicted molar refractivity (Wildman–Crippen MR) is 74.8 cm³/mol. The van der Waals surface area contributed by atoms with Gasteiger partial charge in [0.1, 0.15) is 5.00 Å². The van der Waals surface area contributed by atoms with Crippen molar-refractivity contribution in [1.82, 2.24) is 14.5 Å². The molecule has 1 aromatic rings. The van der Waals surface area contributed by atoms with E-state index in [-0.39, 0.29) is 5.97 Å². The normalized spacial score (nSPS) is 16.6. The molecule has 1 aliphatic rings. The molecule has 1 saturated heterocycles. The number of hydrogen-bond acceptors (Lipinski definition) is 7. The minimum absolute atomic E-state index is 0.357.